The number of amides is 1. The second-order valence-corrected chi connectivity index (χ2v) is 3.09. The summed E-state index contributed by atoms with van der Waals surface area (Å²) in [5, 5.41) is 8.74. The summed E-state index contributed by atoms with van der Waals surface area (Å²) in [6.07, 6.45) is 5.04. The van der Waals surface area contributed by atoms with E-state index in [1.165, 1.54) is 6.08 Å². The minimum Gasteiger partial charge on any atom is -0.366 e. The lowest BCUT2D eigenvalue weighted by molar-refractivity contribution is -0.113. The monoisotopic (exact) mass is 209 g/mol. The fraction of sp³-hybridized carbons (Fsp3) is 0.636. The van der Waals surface area contributed by atoms with Crippen LogP contribution in [0.4, 0.5) is 0 Å². The molecule has 15 heavy (non-hydrogen) atoms. The quantitative estimate of drug-likeness (QED) is 0.706. The predicted octanol–water partition coefficient (Wildman–Crippen LogP) is 1.04. The van der Waals surface area contributed by atoms with Gasteiger partial charge in [0.1, 0.15) is 0 Å². The molecule has 1 fully saturated rings. The van der Waals surface area contributed by atoms with Gasteiger partial charge in [0.05, 0.1) is 12.1 Å². The summed E-state index contributed by atoms with van der Waals surface area (Å²) < 4.78 is 0. The number of nitrogens with zero attached hydrogens (tertiary/aromatic N) is 2. The Morgan fingerprint density at radius 1 is 1.67 bits per heavy atom. The number of likely N-dealkylation sites (tertiary alicyclic amines) is 1. The SMILES string of the molecule is CC.N#CC1CCCN1C/C=C/C(N)=O. The van der Waals surface area contributed by atoms with E-state index < -0.39 is 5.91 Å². The Morgan fingerprint density at radius 3 is 2.87 bits per heavy atom. The lowest BCUT2D eigenvalue weighted by Gasteiger charge is -2.15. The molecule has 2 N–H and O–H groups in total. The summed E-state index contributed by atoms with van der Waals surface area (Å²) in [7, 11) is 0. The highest BCUT2D eigenvalue weighted by Gasteiger charge is 2.22. The van der Waals surface area contributed by atoms with Gasteiger partial charge in [-0.2, -0.15) is 5.26 Å². The Kier molecular flexibility index (Phi) is 7.29. The summed E-state index contributed by atoms with van der Waals surface area (Å²) in [5.41, 5.74) is 4.94. The van der Waals surface area contributed by atoms with Crippen LogP contribution in [0.1, 0.15) is 26.7 Å². The van der Waals surface area contributed by atoms with Crippen LogP contribution >= 0.6 is 0 Å². The molecule has 4 heteroatoms. The molecule has 1 rings (SSSR count). The molecule has 1 aliphatic heterocycles. The average Bonchev–Trinajstić information content (AvgIpc) is 2.68. The van der Waals surface area contributed by atoms with Gasteiger partial charge in [0.25, 0.3) is 0 Å². The zero-order valence-electron chi connectivity index (χ0n) is 9.44. The molecule has 84 valence electrons. The van der Waals surface area contributed by atoms with Gasteiger partial charge >= 0.3 is 0 Å². The molecule has 1 unspecified atom stereocenters. The fourth-order valence-corrected chi connectivity index (χ4v) is 1.50. The van der Waals surface area contributed by atoms with Crippen LogP contribution in [0.3, 0.4) is 0 Å². The third-order valence-corrected chi connectivity index (χ3v) is 2.13. The van der Waals surface area contributed by atoms with Crippen molar-refractivity contribution in [2.24, 2.45) is 5.73 Å². The minimum atomic E-state index is -0.437. The molecular weight excluding hydrogens is 190 g/mol. The van der Waals surface area contributed by atoms with Crippen LogP contribution in [0, 0.1) is 11.3 Å². The van der Waals surface area contributed by atoms with Gasteiger partial charge in [-0.3, -0.25) is 9.69 Å². The first kappa shape index (κ1) is 13.7. The van der Waals surface area contributed by atoms with Crippen LogP contribution in [0.5, 0.6) is 0 Å². The molecule has 1 aliphatic rings. The maximum atomic E-state index is 10.4. The molecule has 0 aliphatic carbocycles. The highest BCUT2D eigenvalue weighted by atomic mass is 16.1. The number of nitrogens with two attached hydrogens (primary N) is 1. The third kappa shape index (κ3) is 5.18. The fourth-order valence-electron chi connectivity index (χ4n) is 1.50. The van der Waals surface area contributed by atoms with Gasteiger partial charge in [0.15, 0.2) is 0 Å². The number of nitriles is 1. The van der Waals surface area contributed by atoms with E-state index in [9.17, 15) is 4.79 Å². The lowest BCUT2D eigenvalue weighted by Crippen LogP contribution is -2.28. The van der Waals surface area contributed by atoms with Gasteiger partial charge in [-0.15, -0.1) is 0 Å². The number of carbonyl (C=O) groups excluding carboxylic acids is 1. The van der Waals surface area contributed by atoms with E-state index in [0.29, 0.717) is 6.54 Å². The molecule has 1 heterocycles. The molecule has 0 aromatic heterocycles. The number of primary amides is 1. The van der Waals surface area contributed by atoms with Crippen molar-refractivity contribution in [1.82, 2.24) is 4.90 Å². The maximum Gasteiger partial charge on any atom is 0.241 e. The molecule has 0 aromatic rings. The smallest absolute Gasteiger partial charge is 0.241 e. The number of carbonyl (C=O) groups is 1. The zero-order valence-corrected chi connectivity index (χ0v) is 9.44. The highest BCUT2D eigenvalue weighted by Crippen LogP contribution is 2.15. The predicted molar refractivity (Wildman–Crippen MR) is 59.9 cm³/mol. The van der Waals surface area contributed by atoms with Gasteiger partial charge < -0.3 is 5.73 Å². The topological polar surface area (TPSA) is 70.1 Å². The van der Waals surface area contributed by atoms with Crippen LogP contribution in [-0.4, -0.2) is 29.9 Å². The minimum absolute atomic E-state index is 0.0116. The van der Waals surface area contributed by atoms with E-state index in [-0.39, 0.29) is 6.04 Å². The van der Waals surface area contributed by atoms with Gasteiger partial charge in [-0.25, -0.2) is 0 Å². The standard InChI is InChI=1S/C9H13N3O.C2H6/c10-7-8-3-1-5-12(8)6-2-4-9(11)13;1-2/h2,4,8H,1,3,5-6H2,(H2,11,13);1-2H3/b4-2+;. The van der Waals surface area contributed by atoms with Crippen LogP contribution in [-0.2, 0) is 4.79 Å². The largest absolute Gasteiger partial charge is 0.366 e. The molecule has 0 spiro atoms. The Bertz CT molecular complexity index is 255. The molecule has 1 atom stereocenters. The molecule has 0 radical (unpaired) electrons. The second-order valence-electron chi connectivity index (χ2n) is 3.09. The van der Waals surface area contributed by atoms with Gasteiger partial charge in [0.2, 0.25) is 5.91 Å². The maximum absolute atomic E-state index is 10.4. The van der Waals surface area contributed by atoms with E-state index in [1.807, 2.05) is 18.7 Å². The molecule has 0 saturated carbocycles. The summed E-state index contributed by atoms with van der Waals surface area (Å²) >= 11 is 0. The second kappa shape index (κ2) is 8.01. The van der Waals surface area contributed by atoms with Crippen LogP contribution in [0.15, 0.2) is 12.2 Å². The molecular formula is C11H19N3O. The van der Waals surface area contributed by atoms with Crippen molar-refractivity contribution in [3.8, 4) is 6.07 Å². The van der Waals surface area contributed by atoms with E-state index in [0.717, 1.165) is 19.4 Å². The van der Waals surface area contributed by atoms with Crippen molar-refractivity contribution in [1.29, 1.82) is 5.26 Å². The first-order valence-corrected chi connectivity index (χ1v) is 5.33. The molecule has 0 aromatic carbocycles. The van der Waals surface area contributed by atoms with Crippen molar-refractivity contribution in [3.63, 3.8) is 0 Å². The van der Waals surface area contributed by atoms with E-state index in [4.69, 9.17) is 11.0 Å². The molecule has 1 saturated heterocycles. The van der Waals surface area contributed by atoms with Crippen molar-refractivity contribution in [2.75, 3.05) is 13.1 Å². The van der Waals surface area contributed by atoms with E-state index in [2.05, 4.69) is 6.07 Å². The Hall–Kier alpha value is -1.34. The summed E-state index contributed by atoms with van der Waals surface area (Å²) in [6, 6.07) is 2.24. The summed E-state index contributed by atoms with van der Waals surface area (Å²) in [4.78, 5) is 12.4. The average molecular weight is 209 g/mol. The van der Waals surface area contributed by atoms with Crippen LogP contribution in [0.25, 0.3) is 0 Å². The van der Waals surface area contributed by atoms with Crippen molar-refractivity contribution in [3.05, 3.63) is 12.2 Å². The van der Waals surface area contributed by atoms with Crippen molar-refractivity contribution >= 4 is 5.91 Å². The van der Waals surface area contributed by atoms with Crippen molar-refractivity contribution < 1.29 is 4.79 Å². The lowest BCUT2D eigenvalue weighted by atomic mass is 10.2. The number of hydrogen-bond acceptors (Lipinski definition) is 3. The molecule has 4 nitrogen and oxygen atoms in total. The highest BCUT2D eigenvalue weighted by molar-refractivity contribution is 5.85. The Morgan fingerprint density at radius 2 is 2.33 bits per heavy atom. The number of rotatable bonds is 3. The summed E-state index contributed by atoms with van der Waals surface area (Å²) in [6.45, 7) is 5.57. The van der Waals surface area contributed by atoms with Crippen molar-refractivity contribution in [2.45, 2.75) is 32.7 Å². The first-order chi connectivity index (χ1) is 7.24. The van der Waals surface area contributed by atoms with Crippen LogP contribution < -0.4 is 5.73 Å². The van der Waals surface area contributed by atoms with Gasteiger partial charge in [0, 0.05) is 6.54 Å². The third-order valence-electron chi connectivity index (χ3n) is 2.13. The van der Waals surface area contributed by atoms with Crippen LogP contribution in [0.2, 0.25) is 0 Å². The Labute approximate surface area is 91.4 Å². The Balaban J connectivity index is 0.000000921. The van der Waals surface area contributed by atoms with Gasteiger partial charge in [-0.1, -0.05) is 19.9 Å². The van der Waals surface area contributed by atoms with Gasteiger partial charge in [-0.05, 0) is 25.5 Å². The zero-order chi connectivity index (χ0) is 11.7. The summed E-state index contributed by atoms with van der Waals surface area (Å²) in [5.74, 6) is -0.437. The number of hydrogen-bond donors (Lipinski definition) is 1. The molecule has 0 bridgehead atoms. The first-order valence-electron chi connectivity index (χ1n) is 5.33. The molecule has 1 amide bonds. The normalized spacial score (nSPS) is 20.7. The van der Waals surface area contributed by atoms with E-state index in [1.54, 1.807) is 6.08 Å². The van der Waals surface area contributed by atoms with E-state index >= 15 is 0 Å².